The molecule has 2 atom stereocenters. The van der Waals surface area contributed by atoms with Gasteiger partial charge in [0.25, 0.3) is 0 Å². The summed E-state index contributed by atoms with van der Waals surface area (Å²) in [4.78, 5) is 0. The van der Waals surface area contributed by atoms with Gasteiger partial charge in [-0.3, -0.25) is 0 Å². The van der Waals surface area contributed by atoms with Crippen LogP contribution in [0.1, 0.15) is 49.2 Å². The fourth-order valence-electron chi connectivity index (χ4n) is 4.08. The molecule has 5 rings (SSSR count). The Morgan fingerprint density at radius 1 is 1.06 bits per heavy atom. The van der Waals surface area contributed by atoms with Crippen molar-refractivity contribution in [3.05, 3.63) is 92.9 Å². The lowest BCUT2D eigenvalue weighted by atomic mass is 9.96. The maximum absolute atomic E-state index is 6.41. The molecule has 3 aromatic carbocycles. The standard InChI is InChI=1S/C25H22BrClN2O2/c1-15(2)30-20-10-5-16(6-11-20)22-14-23-21-13-18(26)7-12-24(21)31-25(29(23)28-22)17-3-8-19(27)9-4-17/h3-13,15,23,25H,14H2,1-2H3. The predicted molar refractivity (Wildman–Crippen MR) is 127 cm³/mol. The van der Waals surface area contributed by atoms with Crippen molar-refractivity contribution in [2.75, 3.05) is 0 Å². The molecular formula is C25H22BrClN2O2. The molecule has 2 unspecified atom stereocenters. The molecule has 0 aliphatic carbocycles. The van der Waals surface area contributed by atoms with E-state index < -0.39 is 0 Å². The topological polar surface area (TPSA) is 34.1 Å². The lowest BCUT2D eigenvalue weighted by molar-refractivity contribution is -0.0190. The molecule has 2 aliphatic heterocycles. The lowest BCUT2D eigenvalue weighted by Gasteiger charge is -2.38. The molecule has 4 nitrogen and oxygen atoms in total. The van der Waals surface area contributed by atoms with Crippen LogP contribution in [-0.4, -0.2) is 16.8 Å². The highest BCUT2D eigenvalue weighted by Crippen LogP contribution is 2.48. The zero-order valence-corrected chi connectivity index (χ0v) is 19.6. The van der Waals surface area contributed by atoms with E-state index in [1.165, 1.54) is 0 Å². The van der Waals surface area contributed by atoms with E-state index in [-0.39, 0.29) is 18.4 Å². The van der Waals surface area contributed by atoms with Crippen molar-refractivity contribution in [3.63, 3.8) is 0 Å². The average molecular weight is 498 g/mol. The van der Waals surface area contributed by atoms with Gasteiger partial charge in [-0.15, -0.1) is 0 Å². The second-order valence-electron chi connectivity index (χ2n) is 8.04. The Balaban J connectivity index is 1.52. The van der Waals surface area contributed by atoms with Gasteiger partial charge < -0.3 is 9.47 Å². The molecule has 0 aromatic heterocycles. The summed E-state index contributed by atoms with van der Waals surface area (Å²) in [5, 5.41) is 7.79. The van der Waals surface area contributed by atoms with Crippen molar-refractivity contribution < 1.29 is 9.47 Å². The molecule has 0 fully saturated rings. The highest BCUT2D eigenvalue weighted by Gasteiger charge is 2.41. The van der Waals surface area contributed by atoms with E-state index in [0.717, 1.165) is 44.8 Å². The highest BCUT2D eigenvalue weighted by molar-refractivity contribution is 9.10. The third-order valence-electron chi connectivity index (χ3n) is 5.47. The van der Waals surface area contributed by atoms with Gasteiger partial charge in [0, 0.05) is 27.0 Å². The zero-order valence-electron chi connectivity index (χ0n) is 17.3. The summed E-state index contributed by atoms with van der Waals surface area (Å²) in [6, 6.07) is 22.2. The van der Waals surface area contributed by atoms with E-state index in [9.17, 15) is 0 Å². The quantitative estimate of drug-likeness (QED) is 0.384. The smallest absolute Gasteiger partial charge is 0.213 e. The minimum Gasteiger partial charge on any atom is -0.491 e. The molecule has 6 heteroatoms. The van der Waals surface area contributed by atoms with Crippen LogP contribution in [0.2, 0.25) is 5.02 Å². The van der Waals surface area contributed by atoms with Crippen molar-refractivity contribution in [3.8, 4) is 11.5 Å². The normalized spacial score (nSPS) is 19.5. The third kappa shape index (κ3) is 4.04. The Labute approximate surface area is 195 Å². The molecule has 3 aromatic rings. The minimum atomic E-state index is -0.308. The number of nitrogens with zero attached hydrogens (tertiary/aromatic N) is 2. The largest absolute Gasteiger partial charge is 0.491 e. The molecular weight excluding hydrogens is 476 g/mol. The summed E-state index contributed by atoms with van der Waals surface area (Å²) < 4.78 is 13.2. The number of benzene rings is 3. The monoisotopic (exact) mass is 496 g/mol. The van der Waals surface area contributed by atoms with Gasteiger partial charge in [-0.05, 0) is 74.0 Å². The molecule has 0 saturated heterocycles. The first-order valence-corrected chi connectivity index (χ1v) is 11.5. The van der Waals surface area contributed by atoms with E-state index in [0.29, 0.717) is 5.02 Å². The van der Waals surface area contributed by atoms with Crippen molar-refractivity contribution in [2.45, 2.75) is 38.6 Å². The van der Waals surface area contributed by atoms with Gasteiger partial charge in [0.05, 0.1) is 17.9 Å². The van der Waals surface area contributed by atoms with E-state index in [1.54, 1.807) is 0 Å². The van der Waals surface area contributed by atoms with Gasteiger partial charge in [0.2, 0.25) is 6.23 Å². The molecule has 2 aliphatic rings. The van der Waals surface area contributed by atoms with Gasteiger partial charge in [0.1, 0.15) is 11.5 Å². The number of hydrogen-bond acceptors (Lipinski definition) is 4. The third-order valence-corrected chi connectivity index (χ3v) is 6.21. The molecule has 0 radical (unpaired) electrons. The van der Waals surface area contributed by atoms with Crippen molar-refractivity contribution in [1.82, 2.24) is 5.01 Å². The Morgan fingerprint density at radius 2 is 1.81 bits per heavy atom. The van der Waals surface area contributed by atoms with Crippen LogP contribution in [0.5, 0.6) is 11.5 Å². The Morgan fingerprint density at radius 3 is 2.52 bits per heavy atom. The number of ether oxygens (including phenoxy) is 2. The molecule has 0 N–H and O–H groups in total. The molecule has 31 heavy (non-hydrogen) atoms. The van der Waals surface area contributed by atoms with Crippen molar-refractivity contribution in [2.24, 2.45) is 5.10 Å². The molecule has 0 amide bonds. The maximum Gasteiger partial charge on any atom is 0.213 e. The summed E-state index contributed by atoms with van der Waals surface area (Å²) in [5.41, 5.74) is 4.29. The van der Waals surface area contributed by atoms with Gasteiger partial charge in [0.15, 0.2) is 0 Å². The first-order chi connectivity index (χ1) is 15.0. The summed E-state index contributed by atoms with van der Waals surface area (Å²) in [5.74, 6) is 1.76. The number of fused-ring (bicyclic) bond motifs is 3. The Bertz CT molecular complexity index is 1130. The van der Waals surface area contributed by atoms with E-state index in [4.69, 9.17) is 26.2 Å². The summed E-state index contributed by atoms with van der Waals surface area (Å²) in [6.45, 7) is 4.05. The van der Waals surface area contributed by atoms with Crippen molar-refractivity contribution >= 4 is 33.2 Å². The fraction of sp³-hybridized carbons (Fsp3) is 0.240. The number of halogens is 2. The molecule has 0 saturated carbocycles. The lowest BCUT2D eigenvalue weighted by Crippen LogP contribution is -2.33. The van der Waals surface area contributed by atoms with Crippen LogP contribution >= 0.6 is 27.5 Å². The Kier molecular flexibility index (Phi) is 5.40. The van der Waals surface area contributed by atoms with Gasteiger partial charge in [-0.2, -0.15) is 5.10 Å². The zero-order chi connectivity index (χ0) is 21.5. The highest BCUT2D eigenvalue weighted by atomic mass is 79.9. The average Bonchev–Trinajstić information content (AvgIpc) is 3.20. The van der Waals surface area contributed by atoms with Crippen molar-refractivity contribution in [1.29, 1.82) is 0 Å². The van der Waals surface area contributed by atoms with Gasteiger partial charge in [-0.1, -0.05) is 39.7 Å². The number of hydrazone groups is 1. The second-order valence-corrected chi connectivity index (χ2v) is 9.39. The van der Waals surface area contributed by atoms with E-state index in [1.807, 2.05) is 62.4 Å². The van der Waals surface area contributed by atoms with E-state index in [2.05, 4.69) is 39.1 Å². The fourth-order valence-corrected chi connectivity index (χ4v) is 4.58. The molecule has 0 spiro atoms. The van der Waals surface area contributed by atoms with Crippen LogP contribution in [-0.2, 0) is 0 Å². The summed E-state index contributed by atoms with van der Waals surface area (Å²) in [7, 11) is 0. The van der Waals surface area contributed by atoms with Crippen LogP contribution < -0.4 is 9.47 Å². The molecule has 2 heterocycles. The van der Waals surface area contributed by atoms with Crippen LogP contribution in [0.4, 0.5) is 0 Å². The van der Waals surface area contributed by atoms with E-state index >= 15 is 0 Å². The van der Waals surface area contributed by atoms with Gasteiger partial charge in [-0.25, -0.2) is 5.01 Å². The molecule has 0 bridgehead atoms. The number of hydrogen-bond donors (Lipinski definition) is 0. The SMILES string of the molecule is CC(C)Oc1ccc(C2=NN3C(C2)c2cc(Br)ccc2OC3c2ccc(Cl)cc2)cc1. The van der Waals surface area contributed by atoms with Crippen LogP contribution in [0, 0.1) is 0 Å². The van der Waals surface area contributed by atoms with Crippen LogP contribution in [0.25, 0.3) is 0 Å². The summed E-state index contributed by atoms with van der Waals surface area (Å²) >= 11 is 9.71. The first kappa shape index (κ1) is 20.4. The number of rotatable bonds is 4. The molecule has 158 valence electrons. The predicted octanol–water partition coefficient (Wildman–Crippen LogP) is 7.13. The van der Waals surface area contributed by atoms with Crippen LogP contribution in [0.3, 0.4) is 0 Å². The van der Waals surface area contributed by atoms with Crippen LogP contribution in [0.15, 0.2) is 76.3 Å². The first-order valence-electron chi connectivity index (χ1n) is 10.3. The Hall–Kier alpha value is -2.50. The maximum atomic E-state index is 6.41. The summed E-state index contributed by atoms with van der Waals surface area (Å²) in [6.07, 6.45) is 0.647. The second kappa shape index (κ2) is 8.21. The van der Waals surface area contributed by atoms with Gasteiger partial charge >= 0.3 is 0 Å². The minimum absolute atomic E-state index is 0.100.